The molecule has 1 aliphatic heterocycles. The number of aliphatic hydroxyl groups excluding tert-OH is 1. The predicted molar refractivity (Wildman–Crippen MR) is 93.0 cm³/mol. The van der Waals surface area contributed by atoms with Gasteiger partial charge in [0.15, 0.2) is 0 Å². The highest BCUT2D eigenvalue weighted by Crippen LogP contribution is 2.24. The van der Waals surface area contributed by atoms with Crippen LogP contribution in [-0.4, -0.2) is 51.5 Å². The smallest absolute Gasteiger partial charge is 0.226 e. The topological polar surface area (TPSA) is 71.4 Å². The third-order valence-corrected chi connectivity index (χ3v) is 4.11. The van der Waals surface area contributed by atoms with E-state index in [1.54, 1.807) is 6.20 Å². The van der Waals surface area contributed by atoms with Gasteiger partial charge in [-0.05, 0) is 45.9 Å². The van der Waals surface area contributed by atoms with Crippen LogP contribution < -0.4 is 4.90 Å². The molecule has 0 radical (unpaired) electrons. The van der Waals surface area contributed by atoms with Gasteiger partial charge in [-0.15, -0.1) is 0 Å². The average Bonchev–Trinajstić information content (AvgIpc) is 2.88. The largest absolute Gasteiger partial charge is 0.388 e. The van der Waals surface area contributed by atoms with Gasteiger partial charge in [0.05, 0.1) is 17.9 Å². The lowest BCUT2D eigenvalue weighted by atomic mass is 10.1. The SMILES string of the molecule is Cc1ccc(-c2ccnc(N3C[C@H](OC(C)C)[C@@H](O)C3)n2)c(C)n1. The number of rotatable bonds is 4. The summed E-state index contributed by atoms with van der Waals surface area (Å²) < 4.78 is 5.77. The normalized spacial score (nSPS) is 20.8. The Morgan fingerprint density at radius 2 is 1.96 bits per heavy atom. The zero-order chi connectivity index (χ0) is 17.3. The Kier molecular flexibility index (Phi) is 4.78. The van der Waals surface area contributed by atoms with Gasteiger partial charge in [0.2, 0.25) is 5.95 Å². The minimum Gasteiger partial charge on any atom is -0.388 e. The van der Waals surface area contributed by atoms with Gasteiger partial charge < -0.3 is 14.7 Å². The zero-order valence-corrected chi connectivity index (χ0v) is 14.6. The van der Waals surface area contributed by atoms with E-state index in [-0.39, 0.29) is 12.2 Å². The number of aromatic nitrogens is 3. The summed E-state index contributed by atoms with van der Waals surface area (Å²) >= 11 is 0. The molecular weight excluding hydrogens is 304 g/mol. The van der Waals surface area contributed by atoms with Gasteiger partial charge in [-0.2, -0.15) is 0 Å². The van der Waals surface area contributed by atoms with Gasteiger partial charge in [-0.1, -0.05) is 0 Å². The molecule has 0 unspecified atom stereocenters. The molecule has 3 heterocycles. The Morgan fingerprint density at radius 1 is 1.17 bits per heavy atom. The van der Waals surface area contributed by atoms with E-state index in [1.807, 2.05) is 50.8 Å². The Labute approximate surface area is 142 Å². The van der Waals surface area contributed by atoms with Gasteiger partial charge in [0.25, 0.3) is 0 Å². The van der Waals surface area contributed by atoms with Crippen LogP contribution in [0.5, 0.6) is 0 Å². The van der Waals surface area contributed by atoms with Gasteiger partial charge in [0, 0.05) is 36.2 Å². The van der Waals surface area contributed by atoms with Crippen LogP contribution >= 0.6 is 0 Å². The summed E-state index contributed by atoms with van der Waals surface area (Å²) in [6.45, 7) is 8.97. The van der Waals surface area contributed by atoms with E-state index in [1.165, 1.54) is 0 Å². The first kappa shape index (κ1) is 16.8. The molecule has 3 rings (SSSR count). The molecule has 0 amide bonds. The maximum atomic E-state index is 10.2. The number of ether oxygens (including phenoxy) is 1. The lowest BCUT2D eigenvalue weighted by Crippen LogP contribution is -2.29. The third kappa shape index (κ3) is 3.55. The van der Waals surface area contributed by atoms with Crippen molar-refractivity contribution < 1.29 is 9.84 Å². The van der Waals surface area contributed by atoms with Crippen molar-refractivity contribution in [2.45, 2.75) is 46.0 Å². The summed E-state index contributed by atoms with van der Waals surface area (Å²) in [6, 6.07) is 5.90. The van der Waals surface area contributed by atoms with Crippen molar-refractivity contribution in [1.29, 1.82) is 0 Å². The van der Waals surface area contributed by atoms with Crippen LogP contribution in [0.4, 0.5) is 5.95 Å². The van der Waals surface area contributed by atoms with E-state index in [4.69, 9.17) is 4.74 Å². The van der Waals surface area contributed by atoms with E-state index >= 15 is 0 Å². The second-order valence-electron chi connectivity index (χ2n) is 6.52. The minimum atomic E-state index is -0.526. The molecule has 1 fully saturated rings. The fourth-order valence-electron chi connectivity index (χ4n) is 3.01. The maximum Gasteiger partial charge on any atom is 0.226 e. The van der Waals surface area contributed by atoms with Crippen molar-refractivity contribution in [1.82, 2.24) is 15.0 Å². The summed E-state index contributed by atoms with van der Waals surface area (Å²) in [5, 5.41) is 10.2. The van der Waals surface area contributed by atoms with E-state index in [9.17, 15) is 5.11 Å². The predicted octanol–water partition coefficient (Wildman–Crippen LogP) is 2.13. The summed E-state index contributed by atoms with van der Waals surface area (Å²) in [5.41, 5.74) is 3.77. The molecule has 1 saturated heterocycles. The molecule has 1 aliphatic rings. The van der Waals surface area contributed by atoms with Crippen LogP contribution in [0.15, 0.2) is 24.4 Å². The second-order valence-corrected chi connectivity index (χ2v) is 6.52. The first-order valence-electron chi connectivity index (χ1n) is 8.30. The fraction of sp³-hybridized carbons (Fsp3) is 0.500. The van der Waals surface area contributed by atoms with Gasteiger partial charge in [-0.25, -0.2) is 9.97 Å². The maximum absolute atomic E-state index is 10.2. The highest BCUT2D eigenvalue weighted by molar-refractivity contribution is 5.62. The number of hydrogen-bond donors (Lipinski definition) is 1. The van der Waals surface area contributed by atoms with E-state index in [0.717, 1.165) is 22.6 Å². The molecule has 0 bridgehead atoms. The third-order valence-electron chi connectivity index (χ3n) is 4.11. The molecule has 6 nitrogen and oxygen atoms in total. The monoisotopic (exact) mass is 328 g/mol. The highest BCUT2D eigenvalue weighted by Gasteiger charge is 2.34. The van der Waals surface area contributed by atoms with Crippen molar-refractivity contribution >= 4 is 5.95 Å². The summed E-state index contributed by atoms with van der Waals surface area (Å²) in [5.74, 6) is 0.612. The zero-order valence-electron chi connectivity index (χ0n) is 14.6. The van der Waals surface area contributed by atoms with Crippen molar-refractivity contribution in [2.24, 2.45) is 0 Å². The molecule has 0 saturated carbocycles. The number of aryl methyl sites for hydroxylation is 2. The lowest BCUT2D eigenvalue weighted by molar-refractivity contribution is -0.0386. The average molecular weight is 328 g/mol. The molecule has 6 heteroatoms. The van der Waals surface area contributed by atoms with Crippen LogP contribution in [0.25, 0.3) is 11.3 Å². The molecule has 0 aliphatic carbocycles. The Morgan fingerprint density at radius 3 is 2.67 bits per heavy atom. The minimum absolute atomic E-state index is 0.0816. The molecule has 2 aromatic heterocycles. The van der Waals surface area contributed by atoms with Crippen molar-refractivity contribution in [3.8, 4) is 11.3 Å². The second kappa shape index (κ2) is 6.83. The van der Waals surface area contributed by atoms with Crippen molar-refractivity contribution in [3.05, 3.63) is 35.8 Å². The van der Waals surface area contributed by atoms with Gasteiger partial charge >= 0.3 is 0 Å². The number of aliphatic hydroxyl groups is 1. The molecule has 0 spiro atoms. The molecular formula is C18H24N4O2. The number of nitrogens with zero attached hydrogens (tertiary/aromatic N) is 4. The van der Waals surface area contributed by atoms with Crippen LogP contribution in [0.3, 0.4) is 0 Å². The van der Waals surface area contributed by atoms with E-state index < -0.39 is 6.10 Å². The quantitative estimate of drug-likeness (QED) is 0.927. The number of hydrogen-bond acceptors (Lipinski definition) is 6. The summed E-state index contributed by atoms with van der Waals surface area (Å²) in [6.07, 6.45) is 1.10. The van der Waals surface area contributed by atoms with Gasteiger partial charge in [0.1, 0.15) is 6.10 Å². The first-order chi connectivity index (χ1) is 11.4. The molecule has 2 aromatic rings. The van der Waals surface area contributed by atoms with Crippen molar-refractivity contribution in [2.75, 3.05) is 18.0 Å². The standard InChI is InChI=1S/C18H24N4O2/c1-11(2)24-17-10-22(9-16(17)23)18-19-8-7-15(21-18)14-6-5-12(3)20-13(14)4/h5-8,11,16-17,23H,9-10H2,1-4H3/t16-,17-/m0/s1. The fourth-order valence-corrected chi connectivity index (χ4v) is 3.01. The summed E-state index contributed by atoms with van der Waals surface area (Å²) in [7, 11) is 0. The molecule has 128 valence electrons. The van der Waals surface area contributed by atoms with Crippen LogP contribution in [0, 0.1) is 13.8 Å². The number of pyridine rings is 1. The van der Waals surface area contributed by atoms with Crippen LogP contribution in [-0.2, 0) is 4.74 Å². The highest BCUT2D eigenvalue weighted by atomic mass is 16.5. The Hall–Kier alpha value is -2.05. The Balaban J connectivity index is 1.83. The van der Waals surface area contributed by atoms with Crippen LogP contribution in [0.1, 0.15) is 25.2 Å². The summed E-state index contributed by atoms with van der Waals surface area (Å²) in [4.78, 5) is 15.5. The first-order valence-corrected chi connectivity index (χ1v) is 8.30. The Bertz CT molecular complexity index is 720. The van der Waals surface area contributed by atoms with Gasteiger partial charge in [-0.3, -0.25) is 4.98 Å². The van der Waals surface area contributed by atoms with Crippen molar-refractivity contribution in [3.63, 3.8) is 0 Å². The molecule has 1 N–H and O–H groups in total. The van der Waals surface area contributed by atoms with Crippen LogP contribution in [0.2, 0.25) is 0 Å². The van der Waals surface area contributed by atoms with E-state index in [2.05, 4.69) is 15.0 Å². The molecule has 0 aromatic carbocycles. The lowest BCUT2D eigenvalue weighted by Gasteiger charge is -2.18. The number of β-amino-alcohol motifs (C(OH)–C–C–N with tert-alkyl or cyclic N) is 1. The molecule has 2 atom stereocenters. The molecule has 24 heavy (non-hydrogen) atoms. The number of anilines is 1. The van der Waals surface area contributed by atoms with E-state index in [0.29, 0.717) is 19.0 Å².